The van der Waals surface area contributed by atoms with Gasteiger partial charge >= 0.3 is 0 Å². The molecule has 0 bridgehead atoms. The van der Waals surface area contributed by atoms with Crippen molar-refractivity contribution in [1.29, 1.82) is 0 Å². The zero-order valence-corrected chi connectivity index (χ0v) is 12.7. The van der Waals surface area contributed by atoms with E-state index in [1.807, 2.05) is 13.8 Å². The third-order valence-electron chi connectivity index (χ3n) is 3.02. The number of nitrogen functional groups attached to an aromatic ring is 1. The molecule has 1 unspecified atom stereocenters. The molecule has 0 saturated heterocycles. The van der Waals surface area contributed by atoms with E-state index in [2.05, 4.69) is 4.90 Å². The Bertz CT molecular complexity index is 529. The van der Waals surface area contributed by atoms with Gasteiger partial charge in [-0.15, -0.1) is 0 Å². The molecule has 1 rings (SSSR count). The van der Waals surface area contributed by atoms with E-state index in [4.69, 9.17) is 10.5 Å². The number of likely N-dealkylation sites (N-methyl/N-ethyl adjacent to an activating group) is 1. The Kier molecular flexibility index (Phi) is 5.20. The van der Waals surface area contributed by atoms with E-state index in [0.29, 0.717) is 12.3 Å². The van der Waals surface area contributed by atoms with Crippen molar-refractivity contribution in [3.8, 4) is 0 Å². The van der Waals surface area contributed by atoms with Crippen molar-refractivity contribution >= 4 is 21.2 Å². The number of anilines is 2. The van der Waals surface area contributed by atoms with E-state index in [1.54, 1.807) is 19.2 Å². The maximum atomic E-state index is 11.5. The lowest BCUT2D eigenvalue weighted by Crippen LogP contribution is -2.36. The molecule has 0 heterocycles. The summed E-state index contributed by atoms with van der Waals surface area (Å²) in [4.78, 5) is 2.33. The molecule has 0 fully saturated rings. The van der Waals surface area contributed by atoms with Crippen LogP contribution in [0.5, 0.6) is 0 Å². The van der Waals surface area contributed by atoms with Gasteiger partial charge in [0.25, 0.3) is 0 Å². The minimum absolute atomic E-state index is 0.168. The fourth-order valence-electron chi connectivity index (χ4n) is 2.08. The number of hydrogen-bond donors (Lipinski definition) is 1. The predicted octanol–water partition coefficient (Wildman–Crippen LogP) is 1.53. The lowest BCUT2D eigenvalue weighted by molar-refractivity contribution is 0.182. The number of ether oxygens (including phenoxy) is 1. The molecule has 6 heteroatoms. The number of benzene rings is 1. The second kappa shape index (κ2) is 6.25. The van der Waals surface area contributed by atoms with Crippen molar-refractivity contribution < 1.29 is 13.2 Å². The molecule has 0 spiro atoms. The highest BCUT2D eigenvalue weighted by Gasteiger charge is 2.17. The molecular formula is C13H22N2O3S. The summed E-state index contributed by atoms with van der Waals surface area (Å²) in [5.41, 5.74) is 7.28. The summed E-state index contributed by atoms with van der Waals surface area (Å²) in [6, 6.07) is 5.01. The molecule has 0 aromatic heterocycles. The molecule has 0 aliphatic heterocycles. The molecule has 1 aromatic carbocycles. The number of rotatable bonds is 6. The number of sulfone groups is 1. The van der Waals surface area contributed by atoms with E-state index < -0.39 is 9.84 Å². The average Bonchev–Trinajstić information content (AvgIpc) is 2.31. The lowest BCUT2D eigenvalue weighted by Gasteiger charge is -2.30. The second-order valence-electron chi connectivity index (χ2n) is 4.58. The minimum Gasteiger partial charge on any atom is -0.397 e. The van der Waals surface area contributed by atoms with Crippen LogP contribution in [0.2, 0.25) is 0 Å². The van der Waals surface area contributed by atoms with Crippen molar-refractivity contribution in [2.24, 2.45) is 0 Å². The molecule has 19 heavy (non-hydrogen) atoms. The van der Waals surface area contributed by atoms with Crippen molar-refractivity contribution in [1.82, 2.24) is 0 Å². The highest BCUT2D eigenvalue weighted by Crippen LogP contribution is 2.27. The minimum atomic E-state index is -3.23. The Labute approximate surface area is 115 Å². The van der Waals surface area contributed by atoms with Crippen molar-refractivity contribution in [2.45, 2.75) is 24.8 Å². The van der Waals surface area contributed by atoms with E-state index >= 15 is 0 Å². The van der Waals surface area contributed by atoms with Gasteiger partial charge in [-0.1, -0.05) is 0 Å². The van der Waals surface area contributed by atoms with Crippen LogP contribution in [0.1, 0.15) is 13.8 Å². The molecule has 1 atom stereocenters. The molecule has 1 aromatic rings. The largest absolute Gasteiger partial charge is 0.397 e. The Balaban J connectivity index is 3.13. The summed E-state index contributed by atoms with van der Waals surface area (Å²) in [6.07, 6.45) is 1.17. The van der Waals surface area contributed by atoms with E-state index in [9.17, 15) is 8.42 Å². The maximum absolute atomic E-state index is 11.5. The van der Waals surface area contributed by atoms with Crippen LogP contribution < -0.4 is 10.6 Å². The molecule has 5 nitrogen and oxygen atoms in total. The summed E-state index contributed by atoms with van der Waals surface area (Å²) in [7, 11) is -1.57. The van der Waals surface area contributed by atoms with Crippen LogP contribution in [0.3, 0.4) is 0 Å². The summed E-state index contributed by atoms with van der Waals surface area (Å²) >= 11 is 0. The average molecular weight is 286 g/mol. The van der Waals surface area contributed by atoms with Crippen LogP contribution in [0.15, 0.2) is 23.1 Å². The summed E-state index contributed by atoms with van der Waals surface area (Å²) < 4.78 is 28.1. The fraction of sp³-hybridized carbons (Fsp3) is 0.538. The van der Waals surface area contributed by atoms with Gasteiger partial charge in [0.1, 0.15) is 0 Å². The van der Waals surface area contributed by atoms with Gasteiger partial charge in [0, 0.05) is 26.0 Å². The Morgan fingerprint density at radius 3 is 2.47 bits per heavy atom. The number of methoxy groups -OCH3 is 1. The lowest BCUT2D eigenvalue weighted by atomic mass is 10.2. The summed E-state index contributed by atoms with van der Waals surface area (Å²) in [6.45, 7) is 5.42. The van der Waals surface area contributed by atoms with Gasteiger partial charge in [-0.25, -0.2) is 8.42 Å². The zero-order chi connectivity index (χ0) is 14.6. The molecule has 108 valence electrons. The second-order valence-corrected chi connectivity index (χ2v) is 6.60. The highest BCUT2D eigenvalue weighted by atomic mass is 32.2. The fourth-order valence-corrected chi connectivity index (χ4v) is 2.73. The first-order valence-electron chi connectivity index (χ1n) is 6.16. The monoisotopic (exact) mass is 286 g/mol. The third-order valence-corrected chi connectivity index (χ3v) is 4.13. The molecule has 0 amide bonds. The van der Waals surface area contributed by atoms with Crippen LogP contribution in [-0.2, 0) is 14.6 Å². The van der Waals surface area contributed by atoms with Crippen LogP contribution in [0.4, 0.5) is 11.4 Å². The van der Waals surface area contributed by atoms with Gasteiger partial charge in [0.05, 0.1) is 22.9 Å². The third kappa shape index (κ3) is 3.84. The topological polar surface area (TPSA) is 72.6 Å². The van der Waals surface area contributed by atoms with Crippen LogP contribution >= 0.6 is 0 Å². The van der Waals surface area contributed by atoms with Gasteiger partial charge in [0.2, 0.25) is 0 Å². The Hall–Kier alpha value is -1.27. The zero-order valence-electron chi connectivity index (χ0n) is 11.9. The Morgan fingerprint density at radius 2 is 2.05 bits per heavy atom. The first-order valence-corrected chi connectivity index (χ1v) is 8.05. The molecule has 0 radical (unpaired) electrons. The predicted molar refractivity (Wildman–Crippen MR) is 78.3 cm³/mol. The van der Waals surface area contributed by atoms with E-state index in [1.165, 1.54) is 12.3 Å². The van der Waals surface area contributed by atoms with Crippen molar-refractivity contribution in [3.05, 3.63) is 18.2 Å². The van der Waals surface area contributed by atoms with Crippen LogP contribution in [0.25, 0.3) is 0 Å². The highest BCUT2D eigenvalue weighted by molar-refractivity contribution is 7.90. The smallest absolute Gasteiger partial charge is 0.175 e. The summed E-state index contributed by atoms with van der Waals surface area (Å²) in [5.74, 6) is 0. The molecular weight excluding hydrogens is 264 g/mol. The summed E-state index contributed by atoms with van der Waals surface area (Å²) in [5, 5.41) is 0. The van der Waals surface area contributed by atoms with E-state index in [0.717, 1.165) is 12.2 Å². The molecule has 0 aliphatic carbocycles. The number of hydrogen-bond acceptors (Lipinski definition) is 5. The standard InChI is InChI=1S/C13H22N2O3S/c1-5-15(10(2)9-18-3)13-7-6-11(8-12(13)14)19(4,16)17/h6-8,10H,5,9,14H2,1-4H3. The Morgan fingerprint density at radius 1 is 1.42 bits per heavy atom. The van der Waals surface area contributed by atoms with Crippen LogP contribution in [-0.4, -0.2) is 41.0 Å². The van der Waals surface area contributed by atoms with Crippen molar-refractivity contribution in [2.75, 3.05) is 37.2 Å². The van der Waals surface area contributed by atoms with Gasteiger partial charge < -0.3 is 15.4 Å². The molecule has 0 aliphatic rings. The first kappa shape index (κ1) is 15.8. The molecule has 2 N–H and O–H groups in total. The normalized spacial score (nSPS) is 13.3. The van der Waals surface area contributed by atoms with E-state index in [-0.39, 0.29) is 10.9 Å². The number of nitrogens with two attached hydrogens (primary N) is 1. The first-order chi connectivity index (χ1) is 8.81. The van der Waals surface area contributed by atoms with Crippen molar-refractivity contribution in [3.63, 3.8) is 0 Å². The quantitative estimate of drug-likeness (QED) is 0.803. The maximum Gasteiger partial charge on any atom is 0.175 e. The van der Waals surface area contributed by atoms with Gasteiger partial charge in [0.15, 0.2) is 9.84 Å². The van der Waals surface area contributed by atoms with Crippen LogP contribution in [0, 0.1) is 0 Å². The van der Waals surface area contributed by atoms with Gasteiger partial charge in [-0.3, -0.25) is 0 Å². The molecule has 0 saturated carbocycles. The number of nitrogens with zero attached hydrogens (tertiary/aromatic N) is 1. The van der Waals surface area contributed by atoms with Gasteiger partial charge in [-0.05, 0) is 32.0 Å². The SMILES string of the molecule is CCN(c1ccc(S(C)(=O)=O)cc1N)C(C)COC. The van der Waals surface area contributed by atoms with Gasteiger partial charge in [-0.2, -0.15) is 0 Å².